The van der Waals surface area contributed by atoms with Crippen molar-refractivity contribution in [3.8, 4) is 5.75 Å². The number of ether oxygens (including phenoxy) is 1. The van der Waals surface area contributed by atoms with Crippen LogP contribution in [0, 0.1) is 0 Å². The van der Waals surface area contributed by atoms with Gasteiger partial charge in [-0.25, -0.2) is 13.1 Å². The molecule has 1 heterocycles. The smallest absolute Gasteiger partial charge is 0.240 e. The van der Waals surface area contributed by atoms with E-state index in [1.165, 1.54) is 6.07 Å². The van der Waals surface area contributed by atoms with Crippen LogP contribution in [0.2, 0.25) is 5.02 Å². The van der Waals surface area contributed by atoms with E-state index in [1.54, 1.807) is 13.1 Å². The van der Waals surface area contributed by atoms with Crippen molar-refractivity contribution in [1.82, 2.24) is 10.0 Å². The second kappa shape index (κ2) is 5.66. The number of halogens is 1. The molecule has 7 heteroatoms. The molecule has 1 unspecified atom stereocenters. The SMILES string of the molecule is CNCCNS(=O)(=O)c1cc(Cl)c2c(c1)CC(C)O2. The first-order valence-electron chi connectivity index (χ1n) is 6.07. The number of sulfonamides is 1. The molecular weight excluding hydrogens is 288 g/mol. The van der Waals surface area contributed by atoms with Crippen LogP contribution in [-0.4, -0.2) is 34.7 Å². The molecule has 0 amide bonds. The lowest BCUT2D eigenvalue weighted by Gasteiger charge is -2.09. The standard InChI is InChI=1S/C12H17ClN2O3S/c1-8-5-9-6-10(7-11(13)12(9)18-8)19(16,17)15-4-3-14-2/h6-8,14-15H,3-5H2,1-2H3. The quantitative estimate of drug-likeness (QED) is 0.801. The Labute approximate surface area is 118 Å². The fourth-order valence-corrected chi connectivity index (χ4v) is 3.46. The molecule has 1 aromatic rings. The van der Waals surface area contributed by atoms with Crippen LogP contribution in [0.1, 0.15) is 12.5 Å². The molecule has 0 aliphatic carbocycles. The minimum Gasteiger partial charge on any atom is -0.489 e. The van der Waals surface area contributed by atoms with Gasteiger partial charge in [-0.2, -0.15) is 0 Å². The van der Waals surface area contributed by atoms with Gasteiger partial charge in [0.05, 0.1) is 9.92 Å². The van der Waals surface area contributed by atoms with Crippen molar-refractivity contribution in [2.45, 2.75) is 24.3 Å². The molecular formula is C12H17ClN2O3S. The van der Waals surface area contributed by atoms with E-state index in [2.05, 4.69) is 10.0 Å². The third-order valence-corrected chi connectivity index (χ3v) is 4.62. The van der Waals surface area contributed by atoms with Crippen LogP contribution < -0.4 is 14.8 Å². The van der Waals surface area contributed by atoms with Crippen LogP contribution >= 0.6 is 11.6 Å². The molecule has 2 N–H and O–H groups in total. The van der Waals surface area contributed by atoms with Crippen molar-refractivity contribution in [3.05, 3.63) is 22.7 Å². The van der Waals surface area contributed by atoms with E-state index >= 15 is 0 Å². The Kier molecular flexibility index (Phi) is 4.35. The molecule has 1 aliphatic rings. The summed E-state index contributed by atoms with van der Waals surface area (Å²) in [6.45, 7) is 2.83. The fourth-order valence-electron chi connectivity index (χ4n) is 2.01. The minimum absolute atomic E-state index is 0.0303. The van der Waals surface area contributed by atoms with Crippen molar-refractivity contribution in [2.24, 2.45) is 0 Å². The summed E-state index contributed by atoms with van der Waals surface area (Å²) in [5, 5.41) is 3.22. The van der Waals surface area contributed by atoms with E-state index in [4.69, 9.17) is 16.3 Å². The highest BCUT2D eigenvalue weighted by atomic mass is 35.5. The number of benzene rings is 1. The molecule has 2 rings (SSSR count). The third kappa shape index (κ3) is 3.20. The Hall–Kier alpha value is -0.820. The summed E-state index contributed by atoms with van der Waals surface area (Å²) >= 11 is 6.08. The van der Waals surface area contributed by atoms with E-state index in [-0.39, 0.29) is 11.0 Å². The Bertz CT molecular complexity index is 575. The number of likely N-dealkylation sites (N-methyl/N-ethyl adjacent to an activating group) is 1. The Balaban J connectivity index is 2.27. The number of hydrogen-bond acceptors (Lipinski definition) is 4. The van der Waals surface area contributed by atoms with Gasteiger partial charge in [0.15, 0.2) is 0 Å². The first-order chi connectivity index (χ1) is 8.94. The maximum absolute atomic E-state index is 12.1. The lowest BCUT2D eigenvalue weighted by molar-refractivity contribution is 0.255. The van der Waals surface area contributed by atoms with Crippen LogP contribution in [0.15, 0.2) is 17.0 Å². The van der Waals surface area contributed by atoms with Gasteiger partial charge in [-0.15, -0.1) is 0 Å². The second-order valence-corrected chi connectivity index (χ2v) is 6.70. The molecule has 1 aliphatic heterocycles. The normalized spacial score (nSPS) is 18.2. The summed E-state index contributed by atoms with van der Waals surface area (Å²) in [4.78, 5) is 0.185. The molecule has 0 saturated carbocycles. The van der Waals surface area contributed by atoms with Crippen LogP contribution in [0.4, 0.5) is 0 Å². The summed E-state index contributed by atoms with van der Waals surface area (Å²) in [6.07, 6.45) is 0.706. The largest absolute Gasteiger partial charge is 0.489 e. The first kappa shape index (κ1) is 14.6. The predicted molar refractivity (Wildman–Crippen MR) is 74.4 cm³/mol. The van der Waals surface area contributed by atoms with Crippen molar-refractivity contribution in [1.29, 1.82) is 0 Å². The van der Waals surface area contributed by atoms with Gasteiger partial charge in [-0.3, -0.25) is 0 Å². The summed E-state index contributed by atoms with van der Waals surface area (Å²) in [6, 6.07) is 3.06. The van der Waals surface area contributed by atoms with E-state index in [0.29, 0.717) is 30.3 Å². The number of rotatable bonds is 5. The molecule has 0 bridgehead atoms. The van der Waals surface area contributed by atoms with Gasteiger partial charge in [0.1, 0.15) is 11.9 Å². The molecule has 0 aromatic heterocycles. The van der Waals surface area contributed by atoms with Crippen LogP contribution in [-0.2, 0) is 16.4 Å². The van der Waals surface area contributed by atoms with Crippen molar-refractivity contribution >= 4 is 21.6 Å². The molecule has 0 saturated heterocycles. The van der Waals surface area contributed by atoms with Crippen LogP contribution in [0.3, 0.4) is 0 Å². The summed E-state index contributed by atoms with van der Waals surface area (Å²) in [5.74, 6) is 0.600. The monoisotopic (exact) mass is 304 g/mol. The molecule has 0 fully saturated rings. The summed E-state index contributed by atoms with van der Waals surface area (Å²) in [7, 11) is -1.76. The van der Waals surface area contributed by atoms with E-state index in [0.717, 1.165) is 5.56 Å². The summed E-state index contributed by atoms with van der Waals surface area (Å²) in [5.41, 5.74) is 0.842. The maximum atomic E-state index is 12.1. The average molecular weight is 305 g/mol. The molecule has 5 nitrogen and oxygen atoms in total. The van der Waals surface area contributed by atoms with Crippen LogP contribution in [0.25, 0.3) is 0 Å². The van der Waals surface area contributed by atoms with Gasteiger partial charge in [-0.05, 0) is 26.1 Å². The molecule has 0 radical (unpaired) electrons. The fraction of sp³-hybridized carbons (Fsp3) is 0.500. The van der Waals surface area contributed by atoms with Gasteiger partial charge in [-0.1, -0.05) is 11.6 Å². The first-order valence-corrected chi connectivity index (χ1v) is 7.93. The minimum atomic E-state index is -3.52. The topological polar surface area (TPSA) is 67.4 Å². The number of nitrogens with one attached hydrogen (secondary N) is 2. The zero-order chi connectivity index (χ0) is 14.0. The molecule has 0 spiro atoms. The highest BCUT2D eigenvalue weighted by molar-refractivity contribution is 7.89. The highest BCUT2D eigenvalue weighted by Crippen LogP contribution is 2.37. The number of fused-ring (bicyclic) bond motifs is 1. The molecule has 19 heavy (non-hydrogen) atoms. The van der Waals surface area contributed by atoms with Gasteiger partial charge in [0.25, 0.3) is 0 Å². The molecule has 106 valence electrons. The molecule has 1 atom stereocenters. The second-order valence-electron chi connectivity index (χ2n) is 4.53. The predicted octanol–water partition coefficient (Wildman–Crippen LogP) is 1.16. The van der Waals surface area contributed by atoms with Gasteiger partial charge in [0.2, 0.25) is 10.0 Å². The molecule has 1 aromatic carbocycles. The van der Waals surface area contributed by atoms with Gasteiger partial charge < -0.3 is 10.1 Å². The van der Waals surface area contributed by atoms with Crippen molar-refractivity contribution in [3.63, 3.8) is 0 Å². The Morgan fingerprint density at radius 3 is 2.84 bits per heavy atom. The number of hydrogen-bond donors (Lipinski definition) is 2. The zero-order valence-corrected chi connectivity index (χ0v) is 12.4. The van der Waals surface area contributed by atoms with Gasteiger partial charge in [0, 0.05) is 25.1 Å². The zero-order valence-electron chi connectivity index (χ0n) is 10.9. The van der Waals surface area contributed by atoms with Gasteiger partial charge >= 0.3 is 0 Å². The van der Waals surface area contributed by atoms with E-state index < -0.39 is 10.0 Å². The Morgan fingerprint density at radius 2 is 2.16 bits per heavy atom. The third-order valence-electron chi connectivity index (χ3n) is 2.90. The lowest BCUT2D eigenvalue weighted by Crippen LogP contribution is -2.30. The lowest BCUT2D eigenvalue weighted by atomic mass is 10.1. The van der Waals surface area contributed by atoms with E-state index in [1.807, 2.05) is 6.92 Å². The summed E-state index contributed by atoms with van der Waals surface area (Å²) < 4.78 is 32.3. The Morgan fingerprint density at radius 1 is 1.42 bits per heavy atom. The average Bonchev–Trinajstić information content (AvgIpc) is 2.70. The highest BCUT2D eigenvalue weighted by Gasteiger charge is 2.25. The van der Waals surface area contributed by atoms with Crippen LogP contribution in [0.5, 0.6) is 5.75 Å². The maximum Gasteiger partial charge on any atom is 0.240 e. The van der Waals surface area contributed by atoms with Crippen molar-refractivity contribution in [2.75, 3.05) is 20.1 Å². The van der Waals surface area contributed by atoms with E-state index in [9.17, 15) is 8.42 Å². The van der Waals surface area contributed by atoms with Crippen molar-refractivity contribution < 1.29 is 13.2 Å².